The molecule has 0 spiro atoms. The van der Waals surface area contributed by atoms with Crippen molar-refractivity contribution < 1.29 is 9.13 Å². The molecule has 0 unspecified atom stereocenters. The summed E-state index contributed by atoms with van der Waals surface area (Å²) in [6, 6.07) is 5.13. The Labute approximate surface area is 132 Å². The molecular formula is C17H25ClFNO. The number of methoxy groups -OCH3 is 1. The van der Waals surface area contributed by atoms with Crippen LogP contribution in [0.1, 0.15) is 37.7 Å². The maximum Gasteiger partial charge on any atom is 0.141 e. The van der Waals surface area contributed by atoms with Crippen LogP contribution in [0.3, 0.4) is 0 Å². The molecule has 0 amide bonds. The third kappa shape index (κ3) is 4.94. The van der Waals surface area contributed by atoms with Crippen molar-refractivity contribution >= 4 is 11.6 Å². The number of rotatable bonds is 7. The summed E-state index contributed by atoms with van der Waals surface area (Å²) in [5, 5.41) is 3.74. The zero-order valence-electron chi connectivity index (χ0n) is 12.8. The molecule has 0 aromatic heterocycles. The Kier molecular flexibility index (Phi) is 6.46. The van der Waals surface area contributed by atoms with Crippen LogP contribution in [0.2, 0.25) is 5.02 Å². The Morgan fingerprint density at radius 1 is 1.29 bits per heavy atom. The van der Waals surface area contributed by atoms with Gasteiger partial charge in [0.05, 0.1) is 11.6 Å². The van der Waals surface area contributed by atoms with E-state index >= 15 is 0 Å². The van der Waals surface area contributed by atoms with E-state index in [4.69, 9.17) is 16.3 Å². The molecule has 1 N–H and O–H groups in total. The molecule has 21 heavy (non-hydrogen) atoms. The molecule has 1 aromatic carbocycles. The molecular weight excluding hydrogens is 289 g/mol. The smallest absolute Gasteiger partial charge is 0.141 e. The van der Waals surface area contributed by atoms with Crippen molar-refractivity contribution in [1.29, 1.82) is 0 Å². The van der Waals surface area contributed by atoms with Crippen LogP contribution < -0.4 is 5.32 Å². The van der Waals surface area contributed by atoms with Gasteiger partial charge in [0.1, 0.15) is 5.82 Å². The quantitative estimate of drug-likeness (QED) is 0.761. The summed E-state index contributed by atoms with van der Waals surface area (Å²) in [6.07, 6.45) is 7.29. The Morgan fingerprint density at radius 2 is 2.05 bits per heavy atom. The molecule has 0 atom stereocenters. The fourth-order valence-corrected chi connectivity index (χ4v) is 3.53. The van der Waals surface area contributed by atoms with Gasteiger partial charge in [-0.25, -0.2) is 4.39 Å². The number of halogens is 2. The standard InChI is InChI=1S/C17H25ClFNO/c1-21-10-9-20-13-17(7-3-2-4-8-17)12-14-5-6-16(19)15(18)11-14/h5-6,11,20H,2-4,7-10,12-13H2,1H3. The van der Waals surface area contributed by atoms with Crippen molar-refractivity contribution in [3.05, 3.63) is 34.6 Å². The van der Waals surface area contributed by atoms with Crippen LogP contribution in [0.15, 0.2) is 18.2 Å². The maximum absolute atomic E-state index is 13.3. The summed E-state index contributed by atoms with van der Waals surface area (Å²) in [7, 11) is 1.72. The van der Waals surface area contributed by atoms with E-state index in [2.05, 4.69) is 5.32 Å². The second kappa shape index (κ2) is 8.11. The molecule has 2 rings (SSSR count). The minimum Gasteiger partial charge on any atom is -0.383 e. The van der Waals surface area contributed by atoms with E-state index in [0.29, 0.717) is 0 Å². The molecule has 0 radical (unpaired) electrons. The van der Waals surface area contributed by atoms with Crippen LogP contribution in [-0.2, 0) is 11.2 Å². The highest BCUT2D eigenvalue weighted by atomic mass is 35.5. The molecule has 1 aliphatic carbocycles. The van der Waals surface area contributed by atoms with Crippen molar-refractivity contribution in [2.75, 3.05) is 26.8 Å². The van der Waals surface area contributed by atoms with Crippen molar-refractivity contribution in [3.63, 3.8) is 0 Å². The van der Waals surface area contributed by atoms with E-state index in [-0.39, 0.29) is 16.3 Å². The zero-order chi connectivity index (χ0) is 15.1. The van der Waals surface area contributed by atoms with Crippen LogP contribution in [0, 0.1) is 11.2 Å². The van der Waals surface area contributed by atoms with Gasteiger partial charge in [-0.1, -0.05) is 36.9 Å². The van der Waals surface area contributed by atoms with Crippen LogP contribution >= 0.6 is 11.6 Å². The van der Waals surface area contributed by atoms with Crippen LogP contribution in [0.4, 0.5) is 4.39 Å². The van der Waals surface area contributed by atoms with E-state index in [0.717, 1.165) is 31.7 Å². The molecule has 1 aliphatic rings. The Hall–Kier alpha value is -0.640. The first kappa shape index (κ1) is 16.7. The van der Waals surface area contributed by atoms with E-state index in [1.54, 1.807) is 13.2 Å². The van der Waals surface area contributed by atoms with E-state index in [1.165, 1.54) is 38.2 Å². The van der Waals surface area contributed by atoms with Crippen LogP contribution in [0.5, 0.6) is 0 Å². The van der Waals surface area contributed by atoms with Gasteiger partial charge < -0.3 is 10.1 Å². The highest BCUT2D eigenvalue weighted by Crippen LogP contribution is 2.39. The van der Waals surface area contributed by atoms with Gasteiger partial charge >= 0.3 is 0 Å². The molecule has 0 heterocycles. The van der Waals surface area contributed by atoms with Crippen molar-refractivity contribution in [1.82, 2.24) is 5.32 Å². The van der Waals surface area contributed by atoms with Gasteiger partial charge in [0.25, 0.3) is 0 Å². The second-order valence-electron chi connectivity index (χ2n) is 6.16. The number of hydrogen-bond acceptors (Lipinski definition) is 2. The molecule has 1 aromatic rings. The topological polar surface area (TPSA) is 21.3 Å². The van der Waals surface area contributed by atoms with Gasteiger partial charge in [-0.3, -0.25) is 0 Å². The zero-order valence-corrected chi connectivity index (χ0v) is 13.5. The minimum absolute atomic E-state index is 0.228. The summed E-state index contributed by atoms with van der Waals surface area (Å²) < 4.78 is 18.4. The van der Waals surface area contributed by atoms with E-state index in [9.17, 15) is 4.39 Å². The van der Waals surface area contributed by atoms with Gasteiger partial charge in [0.2, 0.25) is 0 Å². The number of ether oxygens (including phenoxy) is 1. The first-order valence-electron chi connectivity index (χ1n) is 7.79. The summed E-state index contributed by atoms with van der Waals surface area (Å²) in [6.45, 7) is 2.60. The summed E-state index contributed by atoms with van der Waals surface area (Å²) in [4.78, 5) is 0. The van der Waals surface area contributed by atoms with Crippen LogP contribution in [-0.4, -0.2) is 26.8 Å². The third-order valence-corrected chi connectivity index (χ3v) is 4.75. The highest BCUT2D eigenvalue weighted by Gasteiger charge is 2.31. The Morgan fingerprint density at radius 3 is 2.71 bits per heavy atom. The number of nitrogens with one attached hydrogen (secondary N) is 1. The lowest BCUT2D eigenvalue weighted by atomic mass is 9.70. The lowest BCUT2D eigenvalue weighted by Gasteiger charge is -2.38. The SMILES string of the molecule is COCCNCC1(Cc2ccc(F)c(Cl)c2)CCCCC1. The van der Waals surface area contributed by atoms with Gasteiger partial charge in [0, 0.05) is 20.2 Å². The minimum atomic E-state index is -0.337. The normalized spacial score (nSPS) is 17.9. The van der Waals surface area contributed by atoms with Crippen LogP contribution in [0.25, 0.3) is 0 Å². The first-order valence-corrected chi connectivity index (χ1v) is 8.17. The molecule has 0 aliphatic heterocycles. The number of benzene rings is 1. The lowest BCUT2D eigenvalue weighted by molar-refractivity contribution is 0.162. The molecule has 118 valence electrons. The van der Waals surface area contributed by atoms with E-state index in [1.807, 2.05) is 6.07 Å². The van der Waals surface area contributed by atoms with Gasteiger partial charge in [-0.2, -0.15) is 0 Å². The average molecular weight is 314 g/mol. The Balaban J connectivity index is 2.02. The summed E-state index contributed by atoms with van der Waals surface area (Å²) in [5.41, 5.74) is 1.41. The van der Waals surface area contributed by atoms with E-state index < -0.39 is 0 Å². The predicted octanol–water partition coefficient (Wildman–Crippen LogP) is 4.21. The average Bonchev–Trinajstić information content (AvgIpc) is 2.49. The highest BCUT2D eigenvalue weighted by molar-refractivity contribution is 6.30. The molecule has 1 saturated carbocycles. The molecule has 1 fully saturated rings. The molecule has 0 bridgehead atoms. The largest absolute Gasteiger partial charge is 0.383 e. The monoisotopic (exact) mass is 313 g/mol. The molecule has 4 heteroatoms. The van der Waals surface area contributed by atoms with Gasteiger partial charge in [-0.15, -0.1) is 0 Å². The predicted molar refractivity (Wildman–Crippen MR) is 85.4 cm³/mol. The van der Waals surface area contributed by atoms with Gasteiger partial charge in [0.15, 0.2) is 0 Å². The summed E-state index contributed by atoms with van der Waals surface area (Å²) in [5.74, 6) is -0.337. The third-order valence-electron chi connectivity index (χ3n) is 4.46. The van der Waals surface area contributed by atoms with Crippen molar-refractivity contribution in [2.45, 2.75) is 38.5 Å². The fraction of sp³-hybridized carbons (Fsp3) is 0.647. The number of hydrogen-bond donors (Lipinski definition) is 1. The summed E-state index contributed by atoms with van der Waals surface area (Å²) >= 11 is 5.92. The molecule has 2 nitrogen and oxygen atoms in total. The van der Waals surface area contributed by atoms with Crippen molar-refractivity contribution in [3.8, 4) is 0 Å². The van der Waals surface area contributed by atoms with Gasteiger partial charge in [-0.05, 0) is 42.4 Å². The fourth-order valence-electron chi connectivity index (χ4n) is 3.33. The lowest BCUT2D eigenvalue weighted by Crippen LogP contribution is -2.39. The van der Waals surface area contributed by atoms with Crippen molar-refractivity contribution in [2.24, 2.45) is 5.41 Å². The maximum atomic E-state index is 13.3. The molecule has 0 saturated heterocycles. The Bertz CT molecular complexity index is 446. The second-order valence-corrected chi connectivity index (χ2v) is 6.56. The first-order chi connectivity index (χ1) is 10.2.